The minimum Gasteiger partial charge on any atom is -0.457 e. The van der Waals surface area contributed by atoms with Crippen LogP contribution in [0, 0.1) is 0 Å². The smallest absolute Gasteiger partial charge is 0.142 e. The lowest BCUT2D eigenvalue weighted by Gasteiger charge is -2.28. The van der Waals surface area contributed by atoms with Crippen LogP contribution in [0.25, 0.3) is 32.7 Å². The highest BCUT2D eigenvalue weighted by Gasteiger charge is 2.31. The predicted molar refractivity (Wildman–Crippen MR) is 148 cm³/mol. The van der Waals surface area contributed by atoms with Gasteiger partial charge in [0.05, 0.1) is 0 Å². The van der Waals surface area contributed by atoms with Crippen molar-refractivity contribution in [3.63, 3.8) is 0 Å². The van der Waals surface area contributed by atoms with E-state index in [0.717, 1.165) is 54.9 Å². The van der Waals surface area contributed by atoms with Crippen molar-refractivity contribution < 1.29 is 19.7 Å². The highest BCUT2D eigenvalue weighted by atomic mass is 16.5. The Labute approximate surface area is 218 Å². The molecule has 4 nitrogen and oxygen atoms in total. The molecule has 2 N–H and O–H groups in total. The number of aliphatic hydroxyl groups is 2. The van der Waals surface area contributed by atoms with Gasteiger partial charge in [0.15, 0.2) is 0 Å². The van der Waals surface area contributed by atoms with Crippen LogP contribution in [0.5, 0.6) is 23.0 Å². The van der Waals surface area contributed by atoms with Gasteiger partial charge >= 0.3 is 0 Å². The Morgan fingerprint density at radius 2 is 1.18 bits per heavy atom. The van der Waals surface area contributed by atoms with Gasteiger partial charge in [0.2, 0.25) is 0 Å². The zero-order valence-electron chi connectivity index (χ0n) is 20.3. The maximum Gasteiger partial charge on any atom is 0.142 e. The molecule has 8 rings (SSSR count). The number of hydrogen-bond donors (Lipinski definition) is 2. The summed E-state index contributed by atoms with van der Waals surface area (Å²) in [6, 6.07) is 35.6. The maximum absolute atomic E-state index is 11.4. The first-order valence-corrected chi connectivity index (χ1v) is 12.7. The number of para-hydroxylation sites is 2. The summed E-state index contributed by atoms with van der Waals surface area (Å²) < 4.78 is 12.7. The van der Waals surface area contributed by atoms with Gasteiger partial charge in [-0.2, -0.15) is 0 Å². The molecule has 0 aliphatic carbocycles. The normalized spacial score (nSPS) is 17.1. The second-order valence-electron chi connectivity index (χ2n) is 9.89. The summed E-state index contributed by atoms with van der Waals surface area (Å²) in [5.74, 6) is 2.64. The molecule has 2 aliphatic heterocycles. The first kappa shape index (κ1) is 21.4. The van der Waals surface area contributed by atoms with E-state index in [-0.39, 0.29) is 0 Å². The van der Waals surface area contributed by atoms with E-state index < -0.39 is 12.2 Å². The molecule has 2 atom stereocenters. The molecule has 0 fully saturated rings. The molecule has 0 amide bonds. The van der Waals surface area contributed by atoms with E-state index in [1.807, 2.05) is 78.9 Å². The number of aliphatic hydroxyl groups excluding tert-OH is 2. The predicted octanol–water partition coefficient (Wildman–Crippen LogP) is 8.03. The third-order valence-electron chi connectivity index (χ3n) is 7.77. The molecule has 0 spiro atoms. The lowest BCUT2D eigenvalue weighted by molar-refractivity contribution is 0.203. The van der Waals surface area contributed by atoms with E-state index in [1.165, 1.54) is 0 Å². The Morgan fingerprint density at radius 3 is 2.03 bits per heavy atom. The van der Waals surface area contributed by atoms with Gasteiger partial charge in [0.1, 0.15) is 35.2 Å². The molecule has 4 heteroatoms. The second kappa shape index (κ2) is 7.93. The number of rotatable bonds is 1. The van der Waals surface area contributed by atoms with Crippen LogP contribution in [0.3, 0.4) is 0 Å². The van der Waals surface area contributed by atoms with Gasteiger partial charge < -0.3 is 19.7 Å². The van der Waals surface area contributed by atoms with Crippen LogP contribution in [-0.2, 0) is 0 Å². The molecule has 0 aromatic heterocycles. The molecule has 0 bridgehead atoms. The molecular formula is C34H22O4. The minimum atomic E-state index is -0.805. The molecule has 6 aromatic rings. The second-order valence-corrected chi connectivity index (χ2v) is 9.89. The summed E-state index contributed by atoms with van der Waals surface area (Å²) >= 11 is 0. The van der Waals surface area contributed by atoms with Crippen LogP contribution in [0.4, 0.5) is 0 Å². The Bertz CT molecular complexity index is 1920. The van der Waals surface area contributed by atoms with Gasteiger partial charge in [0.25, 0.3) is 0 Å². The van der Waals surface area contributed by atoms with E-state index >= 15 is 0 Å². The molecule has 0 saturated heterocycles. The fourth-order valence-corrected chi connectivity index (χ4v) is 5.95. The summed E-state index contributed by atoms with van der Waals surface area (Å²) in [5.41, 5.74) is 4.86. The summed E-state index contributed by atoms with van der Waals surface area (Å²) in [6.45, 7) is 0. The van der Waals surface area contributed by atoms with E-state index in [9.17, 15) is 10.2 Å². The summed E-state index contributed by atoms with van der Waals surface area (Å²) in [5, 5.41) is 26.8. The van der Waals surface area contributed by atoms with Crippen LogP contribution in [0.15, 0.2) is 109 Å². The van der Waals surface area contributed by atoms with Crippen molar-refractivity contribution in [1.29, 1.82) is 0 Å². The van der Waals surface area contributed by atoms with E-state index in [2.05, 4.69) is 30.3 Å². The lowest BCUT2D eigenvalue weighted by Crippen LogP contribution is -2.11. The SMILES string of the molecule is OC1c2ccccc2Oc2c1cc1ccccc1c2-c1ccc2ccc3c(c2c1)C(O)c1ccccc1O3. The molecular weight excluding hydrogens is 472 g/mol. The standard InChI is InChI=1S/C34H22O4/c35-32-23-9-3-6-12-28(23)38-34-26(32)17-20-7-1-2-8-22(20)30(34)21-14-13-19-15-16-29-31(25(19)18-21)33(36)24-10-4-5-11-27(24)37-29/h1-18,32-33,35-36H. The fraction of sp³-hybridized carbons (Fsp3) is 0.0588. The minimum absolute atomic E-state index is 0.654. The molecule has 2 unspecified atom stereocenters. The van der Waals surface area contributed by atoms with Crippen molar-refractivity contribution in [1.82, 2.24) is 0 Å². The monoisotopic (exact) mass is 494 g/mol. The van der Waals surface area contributed by atoms with Gasteiger partial charge in [0, 0.05) is 27.8 Å². The summed E-state index contributed by atoms with van der Waals surface area (Å²) in [6.07, 6.45) is -1.60. The van der Waals surface area contributed by atoms with Crippen LogP contribution in [0.1, 0.15) is 34.5 Å². The third-order valence-corrected chi connectivity index (χ3v) is 7.77. The van der Waals surface area contributed by atoms with Crippen LogP contribution in [0.2, 0.25) is 0 Å². The van der Waals surface area contributed by atoms with Crippen LogP contribution < -0.4 is 9.47 Å². The topological polar surface area (TPSA) is 58.9 Å². The largest absolute Gasteiger partial charge is 0.457 e. The van der Waals surface area contributed by atoms with Crippen molar-refractivity contribution >= 4 is 21.5 Å². The number of fused-ring (bicyclic) bond motifs is 7. The van der Waals surface area contributed by atoms with E-state index in [0.29, 0.717) is 23.0 Å². The lowest BCUT2D eigenvalue weighted by atomic mass is 9.87. The molecule has 182 valence electrons. The Morgan fingerprint density at radius 1 is 0.500 bits per heavy atom. The highest BCUT2D eigenvalue weighted by molar-refractivity contribution is 6.04. The molecule has 0 saturated carbocycles. The molecule has 38 heavy (non-hydrogen) atoms. The van der Waals surface area contributed by atoms with E-state index in [1.54, 1.807) is 0 Å². The first-order valence-electron chi connectivity index (χ1n) is 12.7. The number of hydrogen-bond acceptors (Lipinski definition) is 4. The molecule has 2 heterocycles. The number of ether oxygens (including phenoxy) is 2. The highest BCUT2D eigenvalue weighted by Crippen LogP contribution is 2.51. The van der Waals surface area contributed by atoms with E-state index in [4.69, 9.17) is 9.47 Å². The molecule has 6 aromatic carbocycles. The average molecular weight is 495 g/mol. The zero-order valence-corrected chi connectivity index (χ0v) is 20.3. The summed E-state index contributed by atoms with van der Waals surface area (Å²) in [4.78, 5) is 0. The van der Waals surface area contributed by atoms with Crippen molar-refractivity contribution in [2.75, 3.05) is 0 Å². The summed E-state index contributed by atoms with van der Waals surface area (Å²) in [7, 11) is 0. The van der Waals surface area contributed by atoms with Gasteiger partial charge in [-0.1, -0.05) is 78.9 Å². The van der Waals surface area contributed by atoms with Crippen molar-refractivity contribution in [2.24, 2.45) is 0 Å². The Kier molecular flexibility index (Phi) is 4.47. The average Bonchev–Trinajstić information content (AvgIpc) is 2.96. The third kappa shape index (κ3) is 2.99. The van der Waals surface area contributed by atoms with Crippen LogP contribution in [-0.4, -0.2) is 10.2 Å². The molecule has 2 aliphatic rings. The fourth-order valence-electron chi connectivity index (χ4n) is 5.95. The quantitative estimate of drug-likeness (QED) is 0.243. The van der Waals surface area contributed by atoms with Gasteiger partial charge in [-0.15, -0.1) is 0 Å². The van der Waals surface area contributed by atoms with Crippen molar-refractivity contribution in [2.45, 2.75) is 12.2 Å². The maximum atomic E-state index is 11.4. The molecule has 0 radical (unpaired) electrons. The Balaban J connectivity index is 1.40. The van der Waals surface area contributed by atoms with Gasteiger partial charge in [-0.05, 0) is 57.4 Å². The van der Waals surface area contributed by atoms with Crippen molar-refractivity contribution in [3.8, 4) is 34.1 Å². The van der Waals surface area contributed by atoms with Gasteiger partial charge in [-0.25, -0.2) is 0 Å². The van der Waals surface area contributed by atoms with Gasteiger partial charge in [-0.3, -0.25) is 0 Å². The number of benzene rings is 6. The first-order chi connectivity index (χ1) is 18.7. The Hall–Kier alpha value is -4.64. The van der Waals surface area contributed by atoms with Crippen LogP contribution >= 0.6 is 0 Å². The zero-order chi connectivity index (χ0) is 25.4. The van der Waals surface area contributed by atoms with Crippen molar-refractivity contribution in [3.05, 3.63) is 131 Å².